The lowest BCUT2D eigenvalue weighted by molar-refractivity contribution is -0.384. The maximum absolute atomic E-state index is 12.6. The smallest absolute Gasteiger partial charge is 0.269 e. The van der Waals surface area contributed by atoms with Gasteiger partial charge in [-0.05, 0) is 29.5 Å². The number of aromatic amines is 1. The van der Waals surface area contributed by atoms with Crippen molar-refractivity contribution in [3.05, 3.63) is 76.0 Å². The number of amides is 1. The van der Waals surface area contributed by atoms with Crippen molar-refractivity contribution < 1.29 is 9.72 Å². The Morgan fingerprint density at radius 3 is 2.71 bits per heavy atom. The number of H-pyrrole nitrogens is 1. The minimum absolute atomic E-state index is 0.0301. The van der Waals surface area contributed by atoms with E-state index in [1.165, 1.54) is 6.07 Å². The maximum atomic E-state index is 12.6. The van der Waals surface area contributed by atoms with Gasteiger partial charge in [0.25, 0.3) is 5.69 Å². The minimum Gasteiger partial charge on any atom is -0.361 e. The van der Waals surface area contributed by atoms with E-state index in [0.717, 1.165) is 28.5 Å². The lowest BCUT2D eigenvalue weighted by Crippen LogP contribution is -2.27. The molecule has 2 N–H and O–H groups in total. The van der Waals surface area contributed by atoms with Gasteiger partial charge < -0.3 is 10.3 Å². The summed E-state index contributed by atoms with van der Waals surface area (Å²) in [6.07, 6.45) is 3.05. The second kappa shape index (κ2) is 8.69. The highest BCUT2D eigenvalue weighted by molar-refractivity contribution is 5.86. The second-order valence-corrected chi connectivity index (χ2v) is 7.43. The van der Waals surface area contributed by atoms with Crippen LogP contribution in [0.3, 0.4) is 0 Å². The Bertz CT molecular complexity index is 978. The molecule has 0 aliphatic rings. The summed E-state index contributed by atoms with van der Waals surface area (Å²) in [4.78, 5) is 26.7. The van der Waals surface area contributed by atoms with Crippen LogP contribution in [0.2, 0.25) is 0 Å². The number of nitro benzene ring substituents is 1. The van der Waals surface area contributed by atoms with E-state index in [9.17, 15) is 14.9 Å². The van der Waals surface area contributed by atoms with E-state index in [2.05, 4.69) is 24.1 Å². The summed E-state index contributed by atoms with van der Waals surface area (Å²) in [5.74, 6) is 0.194. The van der Waals surface area contributed by atoms with Gasteiger partial charge >= 0.3 is 0 Å². The quantitative estimate of drug-likeness (QED) is 0.437. The molecule has 0 spiro atoms. The van der Waals surface area contributed by atoms with E-state index in [4.69, 9.17) is 0 Å². The van der Waals surface area contributed by atoms with Gasteiger partial charge in [0, 0.05) is 48.1 Å². The van der Waals surface area contributed by atoms with Gasteiger partial charge in [0.1, 0.15) is 0 Å². The Labute approximate surface area is 164 Å². The first-order chi connectivity index (χ1) is 13.5. The van der Waals surface area contributed by atoms with Crippen LogP contribution in [0.25, 0.3) is 10.9 Å². The molecule has 6 nitrogen and oxygen atoms in total. The van der Waals surface area contributed by atoms with E-state index >= 15 is 0 Å². The Kier molecular flexibility index (Phi) is 6.09. The molecule has 28 heavy (non-hydrogen) atoms. The molecule has 1 atom stereocenters. The van der Waals surface area contributed by atoms with Crippen LogP contribution in [0.1, 0.15) is 43.7 Å². The molecular formula is C22H25N3O3. The van der Waals surface area contributed by atoms with Crippen molar-refractivity contribution in [3.8, 4) is 0 Å². The highest BCUT2D eigenvalue weighted by Crippen LogP contribution is 2.34. The molecule has 0 fully saturated rings. The van der Waals surface area contributed by atoms with Crippen LogP contribution >= 0.6 is 0 Å². The molecule has 3 rings (SSSR count). The average Bonchev–Trinajstić information content (AvgIpc) is 3.10. The van der Waals surface area contributed by atoms with Gasteiger partial charge in [-0.3, -0.25) is 14.9 Å². The lowest BCUT2D eigenvalue weighted by Gasteiger charge is -2.17. The number of carbonyl (C=O) groups is 1. The van der Waals surface area contributed by atoms with E-state index in [0.29, 0.717) is 12.5 Å². The van der Waals surface area contributed by atoms with Crippen molar-refractivity contribution in [3.63, 3.8) is 0 Å². The molecule has 1 aromatic heterocycles. The fraction of sp³-hybridized carbons (Fsp3) is 0.318. The number of rotatable bonds is 8. The van der Waals surface area contributed by atoms with Gasteiger partial charge in [-0.15, -0.1) is 0 Å². The third-order valence-electron chi connectivity index (χ3n) is 4.91. The molecule has 1 amide bonds. The third-order valence-corrected chi connectivity index (χ3v) is 4.91. The number of nitro groups is 1. The Hall–Kier alpha value is -3.15. The number of benzene rings is 2. The number of aromatic nitrogens is 1. The number of hydrogen-bond acceptors (Lipinski definition) is 3. The van der Waals surface area contributed by atoms with Crippen LogP contribution in [-0.4, -0.2) is 22.4 Å². The van der Waals surface area contributed by atoms with E-state index < -0.39 is 4.92 Å². The zero-order valence-corrected chi connectivity index (χ0v) is 16.1. The summed E-state index contributed by atoms with van der Waals surface area (Å²) in [5.41, 5.74) is 2.74. The number of carbonyl (C=O) groups excluding carboxylic acids is 1. The number of para-hydroxylation sites is 1. The Balaban J connectivity index is 1.93. The predicted molar refractivity (Wildman–Crippen MR) is 110 cm³/mol. The van der Waals surface area contributed by atoms with Gasteiger partial charge in [0.2, 0.25) is 5.91 Å². The van der Waals surface area contributed by atoms with E-state index in [1.807, 2.05) is 36.5 Å². The summed E-state index contributed by atoms with van der Waals surface area (Å²) >= 11 is 0. The number of fused-ring (bicyclic) bond motifs is 1. The molecule has 3 aromatic rings. The molecule has 0 saturated heterocycles. The molecule has 146 valence electrons. The lowest BCUT2D eigenvalue weighted by atomic mass is 9.87. The van der Waals surface area contributed by atoms with Gasteiger partial charge in [0.05, 0.1) is 4.92 Å². The first-order valence-electron chi connectivity index (χ1n) is 9.52. The zero-order valence-electron chi connectivity index (χ0n) is 16.1. The standard InChI is InChI=1S/C22H25N3O3/c1-15(2)10-11-23-22(26)13-19(16-6-5-7-17(12-16)25(27)28)20-14-24-21-9-4-3-8-18(20)21/h3-9,12,14-15,19,24H,10-11,13H2,1-2H3,(H,23,26)/t19-/m0/s1. The fourth-order valence-electron chi connectivity index (χ4n) is 3.40. The van der Waals surface area contributed by atoms with Crippen LogP contribution in [0, 0.1) is 16.0 Å². The summed E-state index contributed by atoms with van der Waals surface area (Å²) < 4.78 is 0. The molecular weight excluding hydrogens is 354 g/mol. The van der Waals surface area contributed by atoms with Gasteiger partial charge in [-0.1, -0.05) is 44.2 Å². The van der Waals surface area contributed by atoms with Crippen molar-refractivity contribution in [1.29, 1.82) is 0 Å². The molecule has 2 aromatic carbocycles. The topological polar surface area (TPSA) is 88.0 Å². The van der Waals surface area contributed by atoms with Gasteiger partial charge in [-0.25, -0.2) is 0 Å². The maximum Gasteiger partial charge on any atom is 0.269 e. The van der Waals surface area contributed by atoms with Crippen molar-refractivity contribution in [1.82, 2.24) is 10.3 Å². The third kappa shape index (κ3) is 4.57. The molecule has 0 bridgehead atoms. The molecule has 0 aliphatic heterocycles. The van der Waals surface area contributed by atoms with Gasteiger partial charge in [-0.2, -0.15) is 0 Å². The number of hydrogen-bond donors (Lipinski definition) is 2. The van der Waals surface area contributed by atoms with E-state index in [1.54, 1.807) is 12.1 Å². The summed E-state index contributed by atoms with van der Waals surface area (Å²) in [7, 11) is 0. The van der Waals surface area contributed by atoms with Crippen LogP contribution in [0.15, 0.2) is 54.7 Å². The molecule has 0 radical (unpaired) electrons. The molecule has 0 unspecified atom stereocenters. The van der Waals surface area contributed by atoms with Crippen molar-refractivity contribution in [2.75, 3.05) is 6.54 Å². The molecule has 0 aliphatic carbocycles. The number of non-ortho nitro benzene ring substituents is 1. The first kappa shape index (κ1) is 19.6. The van der Waals surface area contributed by atoms with Crippen molar-refractivity contribution >= 4 is 22.5 Å². The molecule has 6 heteroatoms. The monoisotopic (exact) mass is 379 g/mol. The summed E-state index contributed by atoms with van der Waals surface area (Å²) in [6.45, 7) is 4.86. The molecule has 0 saturated carbocycles. The minimum atomic E-state index is -0.404. The Morgan fingerprint density at radius 2 is 1.96 bits per heavy atom. The summed E-state index contributed by atoms with van der Waals surface area (Å²) in [6, 6.07) is 14.4. The number of nitrogens with zero attached hydrogens (tertiary/aromatic N) is 1. The second-order valence-electron chi connectivity index (χ2n) is 7.43. The highest BCUT2D eigenvalue weighted by Gasteiger charge is 2.23. The SMILES string of the molecule is CC(C)CCNC(=O)C[C@@H](c1cccc([N+](=O)[O-])c1)c1c[nH]c2ccccc12. The van der Waals surface area contributed by atoms with Crippen molar-refractivity contribution in [2.45, 2.75) is 32.6 Å². The zero-order chi connectivity index (χ0) is 20.1. The Morgan fingerprint density at radius 1 is 1.18 bits per heavy atom. The molecule has 1 heterocycles. The largest absolute Gasteiger partial charge is 0.361 e. The first-order valence-corrected chi connectivity index (χ1v) is 9.52. The number of nitrogens with one attached hydrogen (secondary N) is 2. The normalized spacial score (nSPS) is 12.2. The fourth-order valence-corrected chi connectivity index (χ4v) is 3.40. The van der Waals surface area contributed by atoms with Crippen molar-refractivity contribution in [2.24, 2.45) is 5.92 Å². The highest BCUT2D eigenvalue weighted by atomic mass is 16.6. The van der Waals surface area contributed by atoms with E-state index in [-0.39, 0.29) is 23.9 Å². The predicted octanol–water partition coefficient (Wildman–Crippen LogP) is 4.76. The van der Waals surface area contributed by atoms with Gasteiger partial charge in [0.15, 0.2) is 0 Å². The van der Waals surface area contributed by atoms with Crippen LogP contribution in [0.4, 0.5) is 5.69 Å². The summed E-state index contributed by atoms with van der Waals surface area (Å²) in [5, 5.41) is 15.2. The van der Waals surface area contributed by atoms with Crippen LogP contribution in [-0.2, 0) is 4.79 Å². The average molecular weight is 379 g/mol. The van der Waals surface area contributed by atoms with Crippen LogP contribution < -0.4 is 5.32 Å². The van der Waals surface area contributed by atoms with Crippen LogP contribution in [0.5, 0.6) is 0 Å².